The molecule has 0 atom stereocenters. The number of benzene rings is 3. The summed E-state index contributed by atoms with van der Waals surface area (Å²) in [5.74, 6) is 0.0492. The summed E-state index contributed by atoms with van der Waals surface area (Å²) in [6, 6.07) is 19.0. The fourth-order valence-electron chi connectivity index (χ4n) is 2.57. The average Bonchev–Trinajstić information content (AvgIpc) is 2.71. The van der Waals surface area contributed by atoms with Crippen molar-refractivity contribution < 1.29 is 17.6 Å². The van der Waals surface area contributed by atoms with E-state index in [-0.39, 0.29) is 16.5 Å². The van der Waals surface area contributed by atoms with E-state index in [1.165, 1.54) is 54.1 Å². The maximum absolute atomic E-state index is 13.0. The van der Waals surface area contributed by atoms with Crippen molar-refractivity contribution in [2.75, 3.05) is 15.8 Å². The average molecular weight is 445 g/mol. The number of nitrogens with one attached hydrogen (secondary N) is 2. The van der Waals surface area contributed by atoms with Crippen LogP contribution in [0.2, 0.25) is 0 Å². The lowest BCUT2D eigenvalue weighted by Gasteiger charge is -2.09. The Balaban J connectivity index is 1.52. The molecule has 0 radical (unpaired) electrons. The fourth-order valence-corrected chi connectivity index (χ4v) is 4.48. The topological polar surface area (TPSA) is 75.3 Å². The first-order valence-electron chi connectivity index (χ1n) is 9.20. The first-order valence-corrected chi connectivity index (χ1v) is 11.7. The molecule has 3 aromatic carbocycles. The number of carbonyl (C=O) groups excluding carboxylic acids is 1. The molecule has 8 heteroatoms. The standard InChI is InChI=1S/C22H21FN2O3S2/c1-16-2-10-20(11-3-16)29-15-14-22(26)24-18-8-12-21(13-9-18)30(27,28)25-19-6-4-17(23)5-7-19/h2-13,25H,14-15H2,1H3,(H,24,26). The highest BCUT2D eigenvalue weighted by molar-refractivity contribution is 7.99. The lowest BCUT2D eigenvalue weighted by atomic mass is 10.2. The maximum Gasteiger partial charge on any atom is 0.261 e. The van der Waals surface area contributed by atoms with Gasteiger partial charge < -0.3 is 5.32 Å². The number of amides is 1. The summed E-state index contributed by atoms with van der Waals surface area (Å²) in [7, 11) is -3.81. The van der Waals surface area contributed by atoms with E-state index in [1.807, 2.05) is 31.2 Å². The van der Waals surface area contributed by atoms with Crippen LogP contribution in [-0.2, 0) is 14.8 Å². The summed E-state index contributed by atoms with van der Waals surface area (Å²) in [5, 5.41) is 2.76. The van der Waals surface area contributed by atoms with E-state index in [0.29, 0.717) is 17.9 Å². The molecule has 0 saturated heterocycles. The van der Waals surface area contributed by atoms with Crippen LogP contribution < -0.4 is 10.0 Å². The molecular formula is C22H21FN2O3S2. The molecule has 0 aliphatic heterocycles. The van der Waals surface area contributed by atoms with Crippen LogP contribution in [0.15, 0.2) is 82.6 Å². The molecular weight excluding hydrogens is 423 g/mol. The summed E-state index contributed by atoms with van der Waals surface area (Å²) in [5.41, 5.74) is 1.97. The van der Waals surface area contributed by atoms with Crippen LogP contribution in [0.1, 0.15) is 12.0 Å². The number of rotatable bonds is 8. The Bertz CT molecular complexity index is 1100. The van der Waals surface area contributed by atoms with Crippen LogP contribution in [0.4, 0.5) is 15.8 Å². The number of carbonyl (C=O) groups is 1. The van der Waals surface area contributed by atoms with Crippen molar-refractivity contribution in [1.29, 1.82) is 0 Å². The van der Waals surface area contributed by atoms with Crippen molar-refractivity contribution in [3.63, 3.8) is 0 Å². The Morgan fingerprint density at radius 1 is 0.900 bits per heavy atom. The van der Waals surface area contributed by atoms with Crippen LogP contribution in [0, 0.1) is 12.7 Å². The van der Waals surface area contributed by atoms with Crippen molar-refractivity contribution in [2.24, 2.45) is 0 Å². The second-order valence-electron chi connectivity index (χ2n) is 6.60. The lowest BCUT2D eigenvalue weighted by Crippen LogP contribution is -2.14. The summed E-state index contributed by atoms with van der Waals surface area (Å²) < 4.78 is 40.2. The zero-order chi connectivity index (χ0) is 21.6. The van der Waals surface area contributed by atoms with E-state index in [2.05, 4.69) is 10.0 Å². The summed E-state index contributed by atoms with van der Waals surface area (Å²) in [4.78, 5) is 13.3. The third-order valence-electron chi connectivity index (χ3n) is 4.16. The molecule has 0 bridgehead atoms. The molecule has 0 spiro atoms. The van der Waals surface area contributed by atoms with Gasteiger partial charge in [0.25, 0.3) is 10.0 Å². The second-order valence-corrected chi connectivity index (χ2v) is 9.45. The largest absolute Gasteiger partial charge is 0.326 e. The molecule has 0 fully saturated rings. The van der Waals surface area contributed by atoms with Gasteiger partial charge >= 0.3 is 0 Å². The molecule has 1 amide bonds. The molecule has 0 aliphatic rings. The van der Waals surface area contributed by atoms with E-state index < -0.39 is 15.8 Å². The van der Waals surface area contributed by atoms with Gasteiger partial charge in [-0.2, -0.15) is 0 Å². The minimum Gasteiger partial charge on any atom is -0.326 e. The molecule has 156 valence electrons. The van der Waals surface area contributed by atoms with Crippen molar-refractivity contribution in [2.45, 2.75) is 23.1 Å². The molecule has 2 N–H and O–H groups in total. The third-order valence-corrected chi connectivity index (χ3v) is 6.57. The van der Waals surface area contributed by atoms with E-state index >= 15 is 0 Å². The Kier molecular flexibility index (Phi) is 7.12. The Labute approximate surface area is 179 Å². The quantitative estimate of drug-likeness (QED) is 0.477. The lowest BCUT2D eigenvalue weighted by molar-refractivity contribution is -0.115. The van der Waals surface area contributed by atoms with Crippen molar-refractivity contribution in [3.05, 3.63) is 84.2 Å². The summed E-state index contributed by atoms with van der Waals surface area (Å²) in [6.45, 7) is 2.03. The zero-order valence-corrected chi connectivity index (χ0v) is 17.9. The Morgan fingerprint density at radius 3 is 2.13 bits per heavy atom. The van der Waals surface area contributed by atoms with Crippen LogP contribution in [0.5, 0.6) is 0 Å². The third kappa shape index (κ3) is 6.33. The Hall–Kier alpha value is -2.84. The SMILES string of the molecule is Cc1ccc(SCCC(=O)Nc2ccc(S(=O)(=O)Nc3ccc(F)cc3)cc2)cc1. The molecule has 3 rings (SSSR count). The number of halogens is 1. The van der Waals surface area contributed by atoms with Crippen LogP contribution in [0.3, 0.4) is 0 Å². The fraction of sp³-hybridized carbons (Fsp3) is 0.136. The molecule has 0 saturated carbocycles. The first kappa shape index (κ1) is 21.9. The van der Waals surface area contributed by atoms with Gasteiger partial charge in [0.15, 0.2) is 0 Å². The first-order chi connectivity index (χ1) is 14.3. The number of aryl methyl sites for hydroxylation is 1. The van der Waals surface area contributed by atoms with Gasteiger partial charge in [-0.3, -0.25) is 9.52 Å². The minimum atomic E-state index is -3.81. The second kappa shape index (κ2) is 9.77. The summed E-state index contributed by atoms with van der Waals surface area (Å²) >= 11 is 1.60. The van der Waals surface area contributed by atoms with Gasteiger partial charge in [0.2, 0.25) is 5.91 Å². The highest BCUT2D eigenvalue weighted by Crippen LogP contribution is 2.21. The molecule has 30 heavy (non-hydrogen) atoms. The molecule has 5 nitrogen and oxygen atoms in total. The van der Waals surface area contributed by atoms with Gasteiger partial charge in [0, 0.05) is 28.4 Å². The van der Waals surface area contributed by atoms with Crippen LogP contribution in [-0.4, -0.2) is 20.1 Å². The monoisotopic (exact) mass is 444 g/mol. The number of hydrogen-bond donors (Lipinski definition) is 2. The van der Waals surface area contributed by atoms with Crippen LogP contribution >= 0.6 is 11.8 Å². The minimum absolute atomic E-state index is 0.0414. The smallest absolute Gasteiger partial charge is 0.261 e. The van der Waals surface area contributed by atoms with E-state index in [9.17, 15) is 17.6 Å². The number of hydrogen-bond acceptors (Lipinski definition) is 4. The Morgan fingerprint density at radius 2 is 1.50 bits per heavy atom. The number of sulfonamides is 1. The van der Waals surface area contributed by atoms with Gasteiger partial charge in [-0.25, -0.2) is 12.8 Å². The predicted octanol–water partition coefficient (Wildman–Crippen LogP) is 5.06. The molecule has 0 aromatic heterocycles. The van der Waals surface area contributed by atoms with Gasteiger partial charge in [0.1, 0.15) is 5.82 Å². The highest BCUT2D eigenvalue weighted by atomic mass is 32.2. The highest BCUT2D eigenvalue weighted by Gasteiger charge is 2.14. The van der Waals surface area contributed by atoms with Gasteiger partial charge in [0.05, 0.1) is 4.90 Å². The summed E-state index contributed by atoms with van der Waals surface area (Å²) in [6.07, 6.45) is 0.338. The van der Waals surface area contributed by atoms with Gasteiger partial charge in [-0.05, 0) is 67.6 Å². The predicted molar refractivity (Wildman–Crippen MR) is 119 cm³/mol. The van der Waals surface area contributed by atoms with Crippen LogP contribution in [0.25, 0.3) is 0 Å². The molecule has 0 unspecified atom stereocenters. The zero-order valence-electron chi connectivity index (χ0n) is 16.3. The molecule has 0 heterocycles. The maximum atomic E-state index is 13.0. The number of anilines is 2. The van der Waals surface area contributed by atoms with E-state index in [1.54, 1.807) is 11.8 Å². The number of thioether (sulfide) groups is 1. The van der Waals surface area contributed by atoms with E-state index in [0.717, 1.165) is 4.90 Å². The molecule has 0 aliphatic carbocycles. The van der Waals surface area contributed by atoms with Gasteiger partial charge in [-0.15, -0.1) is 11.8 Å². The molecule has 3 aromatic rings. The van der Waals surface area contributed by atoms with Crippen molar-refractivity contribution in [1.82, 2.24) is 0 Å². The van der Waals surface area contributed by atoms with Crippen molar-refractivity contribution in [3.8, 4) is 0 Å². The van der Waals surface area contributed by atoms with E-state index in [4.69, 9.17) is 0 Å². The van der Waals surface area contributed by atoms with Gasteiger partial charge in [-0.1, -0.05) is 17.7 Å². The normalized spacial score (nSPS) is 11.1. The van der Waals surface area contributed by atoms with Crippen molar-refractivity contribution >= 4 is 39.1 Å².